The van der Waals surface area contributed by atoms with E-state index in [1.807, 2.05) is 37.3 Å². The maximum absolute atomic E-state index is 6.01. The first-order valence-electron chi connectivity index (χ1n) is 9.02. The van der Waals surface area contributed by atoms with Crippen LogP contribution >= 0.6 is 11.6 Å². The second-order valence-electron chi connectivity index (χ2n) is 6.62. The quantitative estimate of drug-likeness (QED) is 0.654. The highest BCUT2D eigenvalue weighted by atomic mass is 35.5. The normalized spacial score (nSPS) is 13.6. The number of aryl methyl sites for hydroxylation is 1. The molecule has 0 bridgehead atoms. The van der Waals surface area contributed by atoms with E-state index in [0.717, 1.165) is 30.0 Å². The highest BCUT2D eigenvalue weighted by Gasteiger charge is 2.12. The Morgan fingerprint density at radius 1 is 1.00 bits per heavy atom. The lowest BCUT2D eigenvalue weighted by atomic mass is 10.2. The van der Waals surface area contributed by atoms with E-state index in [2.05, 4.69) is 42.8 Å². The SMILES string of the molecule is Cc1cc(Cl)ccc1Nc1cnnc(Nc2ccc(N3CCCC3)cc2)n1. The minimum Gasteiger partial charge on any atom is -0.372 e. The van der Waals surface area contributed by atoms with Gasteiger partial charge in [0.2, 0.25) is 5.95 Å². The van der Waals surface area contributed by atoms with Crippen molar-refractivity contribution < 1.29 is 0 Å². The van der Waals surface area contributed by atoms with Crippen LogP contribution in [0.25, 0.3) is 0 Å². The van der Waals surface area contributed by atoms with Crippen LogP contribution in [-0.2, 0) is 0 Å². The molecule has 2 heterocycles. The summed E-state index contributed by atoms with van der Waals surface area (Å²) in [6, 6.07) is 14.0. The fourth-order valence-corrected chi connectivity index (χ4v) is 3.41. The third-order valence-electron chi connectivity index (χ3n) is 4.60. The fraction of sp³-hybridized carbons (Fsp3) is 0.250. The van der Waals surface area contributed by atoms with Crippen molar-refractivity contribution in [1.82, 2.24) is 15.2 Å². The van der Waals surface area contributed by atoms with Gasteiger partial charge in [-0.1, -0.05) is 11.6 Å². The van der Waals surface area contributed by atoms with E-state index < -0.39 is 0 Å². The maximum atomic E-state index is 6.01. The van der Waals surface area contributed by atoms with Crippen molar-refractivity contribution in [2.45, 2.75) is 19.8 Å². The number of nitrogens with one attached hydrogen (secondary N) is 2. The summed E-state index contributed by atoms with van der Waals surface area (Å²) in [6.45, 7) is 4.26. The van der Waals surface area contributed by atoms with Gasteiger partial charge >= 0.3 is 0 Å². The molecule has 6 nitrogen and oxygen atoms in total. The van der Waals surface area contributed by atoms with Gasteiger partial charge in [0.1, 0.15) is 0 Å². The van der Waals surface area contributed by atoms with Crippen molar-refractivity contribution in [2.24, 2.45) is 0 Å². The molecule has 0 saturated carbocycles. The molecule has 4 rings (SSSR count). The molecule has 27 heavy (non-hydrogen) atoms. The predicted octanol–water partition coefficient (Wildman–Crippen LogP) is 4.92. The molecule has 1 aromatic heterocycles. The molecule has 1 aliphatic heterocycles. The van der Waals surface area contributed by atoms with Crippen LogP contribution in [-0.4, -0.2) is 28.3 Å². The molecular formula is C20H21ClN6. The first kappa shape index (κ1) is 17.5. The number of rotatable bonds is 5. The second kappa shape index (κ2) is 7.80. The molecular weight excluding hydrogens is 360 g/mol. The Kier molecular flexibility index (Phi) is 5.07. The van der Waals surface area contributed by atoms with Gasteiger partial charge < -0.3 is 15.5 Å². The van der Waals surface area contributed by atoms with Crippen LogP contribution in [0.5, 0.6) is 0 Å². The zero-order chi connectivity index (χ0) is 18.6. The summed E-state index contributed by atoms with van der Waals surface area (Å²) in [7, 11) is 0. The van der Waals surface area contributed by atoms with Crippen LogP contribution < -0.4 is 15.5 Å². The number of hydrogen-bond acceptors (Lipinski definition) is 6. The number of benzene rings is 2. The lowest BCUT2D eigenvalue weighted by Crippen LogP contribution is -2.17. The van der Waals surface area contributed by atoms with Crippen LogP contribution in [0.4, 0.5) is 28.8 Å². The minimum atomic E-state index is 0.445. The number of hydrogen-bond donors (Lipinski definition) is 2. The van der Waals surface area contributed by atoms with Crippen molar-refractivity contribution in [2.75, 3.05) is 28.6 Å². The van der Waals surface area contributed by atoms with E-state index in [4.69, 9.17) is 11.6 Å². The monoisotopic (exact) mass is 380 g/mol. The Morgan fingerprint density at radius 2 is 1.78 bits per heavy atom. The molecule has 0 spiro atoms. The predicted molar refractivity (Wildman–Crippen MR) is 110 cm³/mol. The molecule has 138 valence electrons. The third-order valence-corrected chi connectivity index (χ3v) is 4.84. The Morgan fingerprint density at radius 3 is 2.52 bits per heavy atom. The van der Waals surface area contributed by atoms with Crippen molar-refractivity contribution in [3.63, 3.8) is 0 Å². The van der Waals surface area contributed by atoms with Crippen LogP contribution in [0.1, 0.15) is 18.4 Å². The summed E-state index contributed by atoms with van der Waals surface area (Å²) in [5, 5.41) is 15.3. The molecule has 0 amide bonds. The van der Waals surface area contributed by atoms with Gasteiger partial charge in [0, 0.05) is 35.2 Å². The first-order valence-corrected chi connectivity index (χ1v) is 9.40. The van der Waals surface area contributed by atoms with Gasteiger partial charge in [-0.2, -0.15) is 10.1 Å². The molecule has 1 fully saturated rings. The van der Waals surface area contributed by atoms with Gasteiger partial charge in [-0.05, 0) is 67.8 Å². The van der Waals surface area contributed by atoms with Gasteiger partial charge in [-0.25, -0.2) is 0 Å². The van der Waals surface area contributed by atoms with Gasteiger partial charge in [-0.15, -0.1) is 5.10 Å². The Balaban J connectivity index is 1.46. The van der Waals surface area contributed by atoms with Gasteiger partial charge in [0.25, 0.3) is 0 Å². The Labute approximate surface area is 163 Å². The van der Waals surface area contributed by atoms with E-state index >= 15 is 0 Å². The zero-order valence-corrected chi connectivity index (χ0v) is 15.9. The van der Waals surface area contributed by atoms with Crippen molar-refractivity contribution in [3.8, 4) is 0 Å². The highest BCUT2D eigenvalue weighted by Crippen LogP contribution is 2.25. The van der Waals surface area contributed by atoms with Crippen LogP contribution in [0, 0.1) is 6.92 Å². The second-order valence-corrected chi connectivity index (χ2v) is 7.05. The average Bonchev–Trinajstić information content (AvgIpc) is 3.20. The van der Waals surface area contributed by atoms with Crippen LogP contribution in [0.3, 0.4) is 0 Å². The fourth-order valence-electron chi connectivity index (χ4n) is 3.18. The maximum Gasteiger partial charge on any atom is 0.249 e. The number of aromatic nitrogens is 3. The van der Waals surface area contributed by atoms with E-state index in [9.17, 15) is 0 Å². The van der Waals surface area contributed by atoms with Crippen molar-refractivity contribution >= 4 is 40.4 Å². The summed E-state index contributed by atoms with van der Waals surface area (Å²) in [5.74, 6) is 1.06. The molecule has 1 aliphatic rings. The number of anilines is 5. The first-order chi connectivity index (χ1) is 13.2. The third kappa shape index (κ3) is 4.28. The molecule has 0 radical (unpaired) electrons. The molecule has 2 aromatic carbocycles. The van der Waals surface area contributed by atoms with Gasteiger partial charge in [0.15, 0.2) is 5.82 Å². The van der Waals surface area contributed by atoms with E-state index in [1.54, 1.807) is 6.20 Å². The summed E-state index contributed by atoms with van der Waals surface area (Å²) < 4.78 is 0. The molecule has 0 unspecified atom stereocenters. The average molecular weight is 381 g/mol. The Bertz CT molecular complexity index is 922. The topological polar surface area (TPSA) is 66.0 Å². The van der Waals surface area contributed by atoms with E-state index in [0.29, 0.717) is 16.8 Å². The van der Waals surface area contributed by atoms with Gasteiger partial charge in [0.05, 0.1) is 6.20 Å². The van der Waals surface area contributed by atoms with E-state index in [1.165, 1.54) is 18.5 Å². The lowest BCUT2D eigenvalue weighted by molar-refractivity contribution is 0.949. The van der Waals surface area contributed by atoms with Crippen LogP contribution in [0.2, 0.25) is 5.02 Å². The summed E-state index contributed by atoms with van der Waals surface area (Å²) in [4.78, 5) is 6.89. The lowest BCUT2D eigenvalue weighted by Gasteiger charge is -2.17. The highest BCUT2D eigenvalue weighted by molar-refractivity contribution is 6.30. The summed E-state index contributed by atoms with van der Waals surface area (Å²) in [6.07, 6.45) is 4.13. The summed E-state index contributed by atoms with van der Waals surface area (Å²) in [5.41, 5.74) is 4.15. The standard InChI is InChI=1S/C20H21ClN6/c1-14-12-15(21)4-9-18(14)24-19-13-22-26-20(25-19)23-16-5-7-17(8-6-16)27-10-2-3-11-27/h4-9,12-13H,2-3,10-11H2,1H3,(H2,23,24,25,26). The minimum absolute atomic E-state index is 0.445. The van der Waals surface area contributed by atoms with Crippen molar-refractivity contribution in [1.29, 1.82) is 0 Å². The largest absolute Gasteiger partial charge is 0.372 e. The zero-order valence-electron chi connectivity index (χ0n) is 15.1. The van der Waals surface area contributed by atoms with Crippen LogP contribution in [0.15, 0.2) is 48.7 Å². The van der Waals surface area contributed by atoms with E-state index in [-0.39, 0.29) is 0 Å². The Hall–Kier alpha value is -2.86. The van der Waals surface area contributed by atoms with Crippen molar-refractivity contribution in [3.05, 3.63) is 59.2 Å². The molecule has 7 heteroatoms. The number of halogens is 1. The molecule has 1 saturated heterocycles. The number of nitrogens with zero attached hydrogens (tertiary/aromatic N) is 4. The smallest absolute Gasteiger partial charge is 0.249 e. The van der Waals surface area contributed by atoms with Gasteiger partial charge in [-0.3, -0.25) is 0 Å². The molecule has 3 aromatic rings. The summed E-state index contributed by atoms with van der Waals surface area (Å²) >= 11 is 6.01. The molecule has 0 atom stereocenters. The molecule has 0 aliphatic carbocycles. The molecule has 2 N–H and O–H groups in total.